The van der Waals surface area contributed by atoms with Crippen LogP contribution >= 0.6 is 0 Å². The number of nitrogens with one attached hydrogen (secondary N) is 1. The molecular formula is C34H47N7O5. The Labute approximate surface area is 269 Å². The van der Waals surface area contributed by atoms with Crippen LogP contribution in [0.3, 0.4) is 0 Å². The quantitative estimate of drug-likeness (QED) is 0.512. The summed E-state index contributed by atoms with van der Waals surface area (Å²) in [5.74, 6) is -0.0923. The first-order chi connectivity index (χ1) is 22.2. The molecule has 5 saturated heterocycles. The molecule has 1 aromatic carbocycles. The predicted molar refractivity (Wildman–Crippen MR) is 172 cm³/mol. The second kappa shape index (κ2) is 11.4. The van der Waals surface area contributed by atoms with Crippen molar-refractivity contribution in [3.63, 3.8) is 0 Å². The molecule has 6 aliphatic rings. The number of hydrogen-bond acceptors (Lipinski definition) is 8. The van der Waals surface area contributed by atoms with E-state index in [4.69, 9.17) is 4.74 Å². The summed E-state index contributed by atoms with van der Waals surface area (Å²) in [7, 11) is 1.74. The van der Waals surface area contributed by atoms with Crippen molar-refractivity contribution in [3.8, 4) is 0 Å². The Kier molecular flexibility index (Phi) is 7.43. The van der Waals surface area contributed by atoms with E-state index in [9.17, 15) is 19.2 Å². The number of imidazole rings is 1. The van der Waals surface area contributed by atoms with Crippen molar-refractivity contribution in [2.75, 3.05) is 50.7 Å². The zero-order valence-corrected chi connectivity index (χ0v) is 27.2. The lowest BCUT2D eigenvalue weighted by Crippen LogP contribution is -2.64. The van der Waals surface area contributed by atoms with Crippen LogP contribution in [-0.4, -0.2) is 106 Å². The van der Waals surface area contributed by atoms with Crippen LogP contribution in [0.4, 0.5) is 10.5 Å². The third kappa shape index (κ3) is 4.85. The number of imide groups is 1. The van der Waals surface area contributed by atoms with Crippen LogP contribution in [0.5, 0.6) is 0 Å². The molecule has 6 heterocycles. The number of carbonyl (C=O) groups excluding carboxylic acids is 3. The van der Waals surface area contributed by atoms with Gasteiger partial charge in [-0.2, -0.15) is 0 Å². The molecule has 1 saturated carbocycles. The summed E-state index contributed by atoms with van der Waals surface area (Å²) < 4.78 is 9.15. The van der Waals surface area contributed by atoms with Crippen molar-refractivity contribution in [2.45, 2.75) is 89.1 Å². The van der Waals surface area contributed by atoms with Crippen molar-refractivity contribution < 1.29 is 19.1 Å². The zero-order valence-electron chi connectivity index (χ0n) is 27.2. The van der Waals surface area contributed by atoms with E-state index >= 15 is 0 Å². The maximum absolute atomic E-state index is 13.2. The van der Waals surface area contributed by atoms with Gasteiger partial charge < -0.3 is 14.5 Å². The van der Waals surface area contributed by atoms with Crippen molar-refractivity contribution in [1.82, 2.24) is 29.2 Å². The minimum Gasteiger partial charge on any atom is -0.430 e. The van der Waals surface area contributed by atoms with E-state index in [-0.39, 0.29) is 30.3 Å². The lowest BCUT2D eigenvalue weighted by molar-refractivity contribution is -0.135. The number of likely N-dealkylation sites (tertiary alicyclic amines) is 1. The van der Waals surface area contributed by atoms with Gasteiger partial charge in [0, 0.05) is 77.1 Å². The Morgan fingerprint density at radius 2 is 1.72 bits per heavy atom. The molecule has 12 heteroatoms. The molecule has 3 amide bonds. The Bertz CT molecular complexity index is 1600. The fourth-order valence-electron chi connectivity index (χ4n) is 9.72. The molecule has 1 N–H and O–H groups in total. The Hall–Kier alpha value is -3.38. The normalized spacial score (nSPS) is 31.7. The molecule has 5 aliphatic heterocycles. The van der Waals surface area contributed by atoms with Crippen molar-refractivity contribution in [3.05, 3.63) is 28.7 Å². The molecule has 2 aromatic rings. The van der Waals surface area contributed by atoms with E-state index in [0.717, 1.165) is 88.2 Å². The number of piperidine rings is 2. The van der Waals surface area contributed by atoms with Gasteiger partial charge in [-0.3, -0.25) is 33.8 Å². The van der Waals surface area contributed by atoms with E-state index < -0.39 is 11.9 Å². The van der Waals surface area contributed by atoms with Gasteiger partial charge in [0.1, 0.15) is 6.04 Å². The molecule has 12 nitrogen and oxygen atoms in total. The van der Waals surface area contributed by atoms with Gasteiger partial charge in [-0.05, 0) is 80.9 Å². The Morgan fingerprint density at radius 3 is 2.46 bits per heavy atom. The van der Waals surface area contributed by atoms with Gasteiger partial charge >= 0.3 is 11.8 Å². The molecule has 0 radical (unpaired) electrons. The highest BCUT2D eigenvalue weighted by Crippen LogP contribution is 2.55. The molecule has 1 spiro atoms. The molecular weight excluding hydrogens is 586 g/mol. The number of aryl methyl sites for hydroxylation is 1. The number of anilines is 1. The van der Waals surface area contributed by atoms with E-state index in [1.165, 1.54) is 23.8 Å². The zero-order chi connectivity index (χ0) is 31.7. The highest BCUT2D eigenvalue weighted by atomic mass is 16.6. The highest BCUT2D eigenvalue weighted by Gasteiger charge is 2.54. The molecule has 248 valence electrons. The fraction of sp³-hybridized carbons (Fsp3) is 0.706. The van der Waals surface area contributed by atoms with E-state index in [2.05, 4.69) is 39.1 Å². The number of benzene rings is 1. The number of fused-ring (bicyclic) bond motifs is 2. The van der Waals surface area contributed by atoms with Crippen molar-refractivity contribution in [1.29, 1.82) is 0 Å². The second-order valence-electron chi connectivity index (χ2n) is 14.7. The maximum Gasteiger partial charge on any atom is 0.411 e. The number of piperazine rings is 1. The van der Waals surface area contributed by atoms with Crippen LogP contribution in [0.15, 0.2) is 23.0 Å². The average molecular weight is 634 g/mol. The van der Waals surface area contributed by atoms with Crippen LogP contribution in [0.2, 0.25) is 0 Å². The Morgan fingerprint density at radius 1 is 0.935 bits per heavy atom. The van der Waals surface area contributed by atoms with Gasteiger partial charge in [0.2, 0.25) is 11.8 Å². The summed E-state index contributed by atoms with van der Waals surface area (Å²) in [4.78, 5) is 59.8. The molecule has 0 bridgehead atoms. The number of hydrogen-bond donors (Lipinski definition) is 1. The number of aromatic nitrogens is 2. The molecule has 8 rings (SSSR count). The number of amides is 3. The average Bonchev–Trinajstić information content (AvgIpc) is 3.75. The first kappa shape index (κ1) is 30.0. The lowest BCUT2D eigenvalue weighted by atomic mass is 9.53. The Balaban J connectivity index is 0.854. The third-order valence-electron chi connectivity index (χ3n) is 12.7. The maximum atomic E-state index is 13.2. The van der Waals surface area contributed by atoms with Crippen molar-refractivity contribution >= 4 is 34.6 Å². The van der Waals surface area contributed by atoms with Gasteiger partial charge in [-0.25, -0.2) is 9.59 Å². The minimum absolute atomic E-state index is 0.0192. The topological polar surface area (TPSA) is 112 Å². The summed E-state index contributed by atoms with van der Waals surface area (Å²) >= 11 is 0. The summed E-state index contributed by atoms with van der Waals surface area (Å²) in [6.07, 6.45) is 8.37. The third-order valence-corrected chi connectivity index (χ3v) is 12.7. The number of nitrogens with zero attached hydrogens (tertiary/aromatic N) is 6. The standard InChI is InChI=1S/C34H47N7O5/c1-22-28(21-34(22)11-14-39(15-12-34)33(45)46-30-10-6-23-4-3-13-40(23)30)38-18-16-37(17-19-38)24-5-7-25-27(20-24)36(2)32(44)41(25)26-8-9-29(42)35-31(26)43/h5,7,20,22-23,26,28,30H,3-4,6,8-19,21H2,1-2H3,(H,35,42,43). The molecule has 46 heavy (non-hydrogen) atoms. The molecule has 5 atom stereocenters. The molecule has 6 fully saturated rings. The fourth-order valence-corrected chi connectivity index (χ4v) is 9.72. The monoisotopic (exact) mass is 633 g/mol. The number of rotatable bonds is 4. The lowest BCUT2D eigenvalue weighted by Gasteiger charge is -2.61. The van der Waals surface area contributed by atoms with Crippen LogP contribution in [0, 0.1) is 11.3 Å². The highest BCUT2D eigenvalue weighted by molar-refractivity contribution is 6.00. The first-order valence-corrected chi connectivity index (χ1v) is 17.5. The van der Waals surface area contributed by atoms with Crippen LogP contribution in [0.1, 0.15) is 70.8 Å². The van der Waals surface area contributed by atoms with Crippen molar-refractivity contribution in [2.24, 2.45) is 18.4 Å². The number of ether oxygens (including phenoxy) is 1. The summed E-state index contributed by atoms with van der Waals surface area (Å²) in [6.45, 7) is 8.92. The summed E-state index contributed by atoms with van der Waals surface area (Å²) in [5.41, 5.74) is 2.69. The van der Waals surface area contributed by atoms with E-state index in [1.54, 1.807) is 11.6 Å². The van der Waals surface area contributed by atoms with Gasteiger partial charge in [0.15, 0.2) is 6.23 Å². The second-order valence-corrected chi connectivity index (χ2v) is 14.7. The minimum atomic E-state index is -0.674. The first-order valence-electron chi connectivity index (χ1n) is 17.5. The molecule has 1 aromatic heterocycles. The number of carbonyl (C=O) groups is 3. The SMILES string of the molecule is CC1C(N2CCN(c3ccc4c(c3)n(C)c(=O)n4C3CCC(=O)NC3=O)CC2)CC12CCN(C(=O)OC1CCC3CCCN31)CC2. The van der Waals surface area contributed by atoms with Gasteiger partial charge in [-0.1, -0.05) is 6.92 Å². The van der Waals surface area contributed by atoms with E-state index in [1.807, 2.05) is 11.0 Å². The van der Waals surface area contributed by atoms with E-state index in [0.29, 0.717) is 29.8 Å². The molecule has 1 aliphatic carbocycles. The van der Waals surface area contributed by atoms with Crippen LogP contribution < -0.4 is 15.9 Å². The molecule has 5 unspecified atom stereocenters. The summed E-state index contributed by atoms with van der Waals surface area (Å²) in [5, 5.41) is 2.38. The van der Waals surface area contributed by atoms with Gasteiger partial charge in [-0.15, -0.1) is 0 Å². The predicted octanol–water partition coefficient (Wildman–Crippen LogP) is 2.65. The van der Waals surface area contributed by atoms with Crippen LogP contribution in [-0.2, 0) is 21.4 Å². The summed E-state index contributed by atoms with van der Waals surface area (Å²) in [6, 6.07) is 6.58. The van der Waals surface area contributed by atoms with Gasteiger partial charge in [0.05, 0.1) is 11.0 Å². The van der Waals surface area contributed by atoms with Gasteiger partial charge in [0.25, 0.3) is 0 Å². The van der Waals surface area contributed by atoms with Crippen LogP contribution in [0.25, 0.3) is 11.0 Å². The largest absolute Gasteiger partial charge is 0.430 e. The smallest absolute Gasteiger partial charge is 0.411 e.